The fourth-order valence-electron chi connectivity index (χ4n) is 3.64. The third-order valence-corrected chi connectivity index (χ3v) is 4.84. The van der Waals surface area contributed by atoms with Crippen LogP contribution in [0, 0.1) is 5.92 Å². The molecule has 2 heterocycles. The van der Waals surface area contributed by atoms with Gasteiger partial charge in [-0.05, 0) is 38.0 Å². The summed E-state index contributed by atoms with van der Waals surface area (Å²) in [5.74, 6) is 2.91. The molecule has 0 unspecified atom stereocenters. The van der Waals surface area contributed by atoms with Crippen LogP contribution < -0.4 is 5.32 Å². The molecule has 0 saturated heterocycles. The average molecular weight is 247 g/mol. The van der Waals surface area contributed by atoms with Gasteiger partial charge in [0.05, 0.1) is 0 Å². The van der Waals surface area contributed by atoms with Crippen LogP contribution >= 0.6 is 0 Å². The molecule has 1 fully saturated rings. The van der Waals surface area contributed by atoms with Crippen molar-refractivity contribution in [3.63, 3.8) is 0 Å². The second kappa shape index (κ2) is 5.43. The van der Waals surface area contributed by atoms with Crippen LogP contribution in [0.2, 0.25) is 0 Å². The molecule has 3 heteroatoms. The van der Waals surface area contributed by atoms with Crippen molar-refractivity contribution < 1.29 is 0 Å². The third-order valence-electron chi connectivity index (χ3n) is 4.84. The van der Waals surface area contributed by atoms with Gasteiger partial charge in [0.15, 0.2) is 0 Å². The second-order valence-corrected chi connectivity index (χ2v) is 6.01. The first-order valence-electron chi connectivity index (χ1n) is 7.61. The molecule has 0 aromatic carbocycles. The maximum atomic E-state index is 4.54. The van der Waals surface area contributed by atoms with Crippen LogP contribution in [0.1, 0.15) is 57.2 Å². The van der Waals surface area contributed by atoms with Crippen LogP contribution in [0.15, 0.2) is 12.4 Å². The molecule has 0 bridgehead atoms. The summed E-state index contributed by atoms with van der Waals surface area (Å²) in [5.41, 5.74) is 0. The highest BCUT2D eigenvalue weighted by atomic mass is 15.1. The molecule has 1 aromatic heterocycles. The zero-order valence-corrected chi connectivity index (χ0v) is 11.4. The van der Waals surface area contributed by atoms with Crippen molar-refractivity contribution in [1.82, 2.24) is 14.9 Å². The Bertz CT molecular complexity index is 385. The minimum absolute atomic E-state index is 0.634. The maximum absolute atomic E-state index is 4.54. The number of aromatic nitrogens is 2. The Labute approximate surface area is 110 Å². The lowest BCUT2D eigenvalue weighted by atomic mass is 9.98. The molecule has 1 aliphatic heterocycles. The molecule has 100 valence electrons. The van der Waals surface area contributed by atoms with E-state index in [1.807, 2.05) is 6.20 Å². The van der Waals surface area contributed by atoms with Crippen LogP contribution in [0.4, 0.5) is 0 Å². The summed E-state index contributed by atoms with van der Waals surface area (Å²) < 4.78 is 2.33. The smallest absolute Gasteiger partial charge is 0.113 e. The van der Waals surface area contributed by atoms with E-state index in [0.717, 1.165) is 25.0 Å². The van der Waals surface area contributed by atoms with Gasteiger partial charge in [-0.25, -0.2) is 4.98 Å². The molecule has 1 saturated carbocycles. The number of hydrogen-bond donors (Lipinski definition) is 1. The molecular formula is C15H25N3. The Morgan fingerprint density at radius 1 is 1.39 bits per heavy atom. The molecule has 3 rings (SSSR count). The van der Waals surface area contributed by atoms with E-state index in [2.05, 4.69) is 28.0 Å². The highest BCUT2D eigenvalue weighted by Gasteiger charge is 2.26. The predicted octanol–water partition coefficient (Wildman–Crippen LogP) is 2.93. The molecule has 1 aliphatic carbocycles. The summed E-state index contributed by atoms with van der Waals surface area (Å²) >= 11 is 0. The Kier molecular flexibility index (Phi) is 3.69. The third kappa shape index (κ3) is 2.46. The van der Waals surface area contributed by atoms with Crippen LogP contribution in [-0.4, -0.2) is 22.1 Å². The first-order chi connectivity index (χ1) is 8.86. The Morgan fingerprint density at radius 2 is 2.33 bits per heavy atom. The fourth-order valence-corrected chi connectivity index (χ4v) is 3.64. The summed E-state index contributed by atoms with van der Waals surface area (Å²) in [5, 5.41) is 3.79. The van der Waals surface area contributed by atoms with E-state index < -0.39 is 0 Å². The molecular weight excluding hydrogens is 222 g/mol. The molecule has 18 heavy (non-hydrogen) atoms. The van der Waals surface area contributed by atoms with Gasteiger partial charge in [-0.2, -0.15) is 0 Å². The number of nitrogens with one attached hydrogen (secondary N) is 1. The van der Waals surface area contributed by atoms with Crippen molar-refractivity contribution >= 4 is 0 Å². The molecule has 3 atom stereocenters. The quantitative estimate of drug-likeness (QED) is 0.886. The molecule has 2 aliphatic rings. The zero-order valence-electron chi connectivity index (χ0n) is 11.4. The van der Waals surface area contributed by atoms with Gasteiger partial charge in [-0.3, -0.25) is 0 Å². The van der Waals surface area contributed by atoms with E-state index in [-0.39, 0.29) is 0 Å². The number of nitrogens with zero attached hydrogens (tertiary/aromatic N) is 2. The van der Waals surface area contributed by atoms with Gasteiger partial charge in [0.2, 0.25) is 0 Å². The van der Waals surface area contributed by atoms with Gasteiger partial charge >= 0.3 is 0 Å². The summed E-state index contributed by atoms with van der Waals surface area (Å²) in [6, 6.07) is 0.764. The Morgan fingerprint density at radius 3 is 3.17 bits per heavy atom. The predicted molar refractivity (Wildman–Crippen MR) is 73.6 cm³/mol. The SMILES string of the molecule is CC[C@@H]1CC[C@@H](NC[C@H]2CCCn3ccnc32)C1. The van der Waals surface area contributed by atoms with Gasteiger partial charge < -0.3 is 9.88 Å². The van der Waals surface area contributed by atoms with Gasteiger partial charge in [-0.1, -0.05) is 13.3 Å². The molecule has 3 nitrogen and oxygen atoms in total. The standard InChI is InChI=1S/C15H25N3/c1-2-12-5-6-14(10-12)17-11-13-4-3-8-18-9-7-16-15(13)18/h7,9,12-14,17H,2-6,8,10-11H2,1H3/t12-,13-,14-/m1/s1. The van der Waals surface area contributed by atoms with Crippen molar-refractivity contribution in [2.45, 2.75) is 64.0 Å². The van der Waals surface area contributed by atoms with Gasteiger partial charge in [0.25, 0.3) is 0 Å². The number of aryl methyl sites for hydroxylation is 1. The highest BCUT2D eigenvalue weighted by Crippen LogP contribution is 2.29. The first-order valence-corrected chi connectivity index (χ1v) is 7.61. The minimum Gasteiger partial charge on any atom is -0.335 e. The molecule has 1 N–H and O–H groups in total. The number of imidazole rings is 1. The fraction of sp³-hybridized carbons (Fsp3) is 0.800. The summed E-state index contributed by atoms with van der Waals surface area (Å²) in [4.78, 5) is 4.54. The van der Waals surface area contributed by atoms with Crippen molar-refractivity contribution in [3.8, 4) is 0 Å². The van der Waals surface area contributed by atoms with Gasteiger partial charge in [0, 0.05) is 37.4 Å². The highest BCUT2D eigenvalue weighted by molar-refractivity contribution is 5.04. The summed E-state index contributed by atoms with van der Waals surface area (Å²) in [6.07, 6.45) is 12.2. The first kappa shape index (κ1) is 12.2. The Hall–Kier alpha value is -0.830. The van der Waals surface area contributed by atoms with Gasteiger partial charge in [-0.15, -0.1) is 0 Å². The van der Waals surface area contributed by atoms with E-state index in [4.69, 9.17) is 0 Å². The van der Waals surface area contributed by atoms with E-state index in [9.17, 15) is 0 Å². The minimum atomic E-state index is 0.634. The summed E-state index contributed by atoms with van der Waals surface area (Å²) in [6.45, 7) is 4.61. The maximum Gasteiger partial charge on any atom is 0.113 e. The lowest BCUT2D eigenvalue weighted by Gasteiger charge is -2.25. The normalized spacial score (nSPS) is 31.5. The second-order valence-electron chi connectivity index (χ2n) is 6.01. The van der Waals surface area contributed by atoms with E-state index in [1.54, 1.807) is 0 Å². The van der Waals surface area contributed by atoms with Crippen LogP contribution in [0.25, 0.3) is 0 Å². The zero-order chi connectivity index (χ0) is 12.4. The van der Waals surface area contributed by atoms with Gasteiger partial charge in [0.1, 0.15) is 5.82 Å². The molecule has 1 aromatic rings. The van der Waals surface area contributed by atoms with Crippen LogP contribution in [0.5, 0.6) is 0 Å². The van der Waals surface area contributed by atoms with E-state index in [1.165, 1.54) is 44.3 Å². The van der Waals surface area contributed by atoms with Crippen molar-refractivity contribution in [3.05, 3.63) is 18.2 Å². The number of hydrogen-bond acceptors (Lipinski definition) is 2. The van der Waals surface area contributed by atoms with Crippen LogP contribution in [0.3, 0.4) is 0 Å². The van der Waals surface area contributed by atoms with Crippen molar-refractivity contribution in [1.29, 1.82) is 0 Å². The van der Waals surface area contributed by atoms with Crippen molar-refractivity contribution in [2.24, 2.45) is 5.92 Å². The largest absolute Gasteiger partial charge is 0.335 e. The Balaban J connectivity index is 1.53. The topological polar surface area (TPSA) is 29.9 Å². The van der Waals surface area contributed by atoms with E-state index >= 15 is 0 Å². The lowest BCUT2D eigenvalue weighted by Crippen LogP contribution is -2.33. The molecule has 0 radical (unpaired) electrons. The monoisotopic (exact) mass is 247 g/mol. The molecule has 0 amide bonds. The number of fused-ring (bicyclic) bond motifs is 1. The van der Waals surface area contributed by atoms with Crippen LogP contribution in [-0.2, 0) is 6.54 Å². The van der Waals surface area contributed by atoms with Crippen molar-refractivity contribution in [2.75, 3.05) is 6.54 Å². The number of rotatable bonds is 4. The van der Waals surface area contributed by atoms with E-state index in [0.29, 0.717) is 5.92 Å². The lowest BCUT2D eigenvalue weighted by molar-refractivity contribution is 0.395. The summed E-state index contributed by atoms with van der Waals surface area (Å²) in [7, 11) is 0. The molecule has 0 spiro atoms. The average Bonchev–Trinajstić information content (AvgIpc) is 3.05.